The minimum absolute atomic E-state index is 0. The van der Waals surface area contributed by atoms with Gasteiger partial charge in [0.25, 0.3) is 0 Å². The molecule has 0 saturated heterocycles. The van der Waals surface area contributed by atoms with Crippen LogP contribution >= 0.6 is 0 Å². The first-order chi connectivity index (χ1) is 38.3. The van der Waals surface area contributed by atoms with Crippen LogP contribution in [-0.2, 0) is 65.4 Å². The third-order valence-electron chi connectivity index (χ3n) is 11.7. The maximum Gasteiger partial charge on any atom is 2.00 e. The first-order valence-electron chi connectivity index (χ1n) is 25.0. The van der Waals surface area contributed by atoms with Crippen LogP contribution in [0.25, 0.3) is 0 Å². The minimum atomic E-state index is -4.90. The Morgan fingerprint density at radius 2 is 0.927 bits per heavy atom. The first kappa shape index (κ1) is 70.5. The average Bonchev–Trinajstić information content (AvgIpc) is 4.36. The van der Waals surface area contributed by atoms with E-state index in [1.54, 1.807) is 102 Å². The Hall–Kier alpha value is -5.74. The molecule has 0 heterocycles. The zero-order valence-corrected chi connectivity index (χ0v) is 50.2. The predicted molar refractivity (Wildman–Crippen MR) is 290 cm³/mol. The van der Waals surface area contributed by atoms with Crippen molar-refractivity contribution in [2.75, 3.05) is 0 Å². The van der Waals surface area contributed by atoms with E-state index in [2.05, 4.69) is 39.3 Å². The Labute approximate surface area is 488 Å². The Balaban J connectivity index is 0.000000401. The van der Waals surface area contributed by atoms with Crippen molar-refractivity contribution in [3.05, 3.63) is 217 Å². The number of ether oxygens (including phenoxy) is 4. The standard InChI is InChI=1S/C28H27F6NO3S.C27H25F6NO3S.2C2H5.Zn/c1-17(2)39(36)35-27(16-18-6-4-3-5-7-18,19-8-11-24(30)25(14-19)37-22-9-10-22)20-12-21(29)15-23(13-20)38-28(33,34)26(31)32;1-4-36-24-14-19(10-11-23(24)29)26(34-38(35)17(2)3,16-18-8-6-5-7-9-18)20-12-21(28)15-22(13-20)37-27(32,33)25(30)31;2*1-2;/h3-8,11-15,17,22,26,35H,9-10,16H2,1-2H3;4-15,17,25,34H,1,16H2,2-3H3;2*1H2,2H3;/q;;2*-1;+2/t27-,39+;26-,38+;;;/m11.../s1. The first-order valence-corrected chi connectivity index (χ1v) is 27.4. The van der Waals surface area contributed by atoms with Gasteiger partial charge in [0.05, 0.1) is 45.4 Å². The van der Waals surface area contributed by atoms with Gasteiger partial charge in [0, 0.05) is 22.6 Å². The molecule has 6 aromatic rings. The maximum absolute atomic E-state index is 14.9. The molecule has 8 nitrogen and oxygen atoms in total. The van der Waals surface area contributed by atoms with Gasteiger partial charge in [-0.25, -0.2) is 35.4 Å². The summed E-state index contributed by atoms with van der Waals surface area (Å²) in [6.45, 7) is 20.1. The minimum Gasteiger partial charge on any atom is -0.487 e. The summed E-state index contributed by atoms with van der Waals surface area (Å²) < 4.78 is 217. The number of alkyl halides is 8. The van der Waals surface area contributed by atoms with Crippen molar-refractivity contribution in [3.63, 3.8) is 0 Å². The van der Waals surface area contributed by atoms with Crippen LogP contribution in [0, 0.1) is 37.1 Å². The molecule has 0 amide bonds. The van der Waals surface area contributed by atoms with Gasteiger partial charge in [0.15, 0.2) is 23.1 Å². The molecular weight excluding hydrogens is 1190 g/mol. The molecule has 6 aromatic carbocycles. The Bertz CT molecular complexity index is 3020. The van der Waals surface area contributed by atoms with Crippen LogP contribution in [0.5, 0.6) is 23.0 Å². The topological polar surface area (TPSA) is 95.1 Å². The second-order valence-corrected chi connectivity index (χ2v) is 21.7. The zero-order valence-electron chi connectivity index (χ0n) is 45.6. The van der Waals surface area contributed by atoms with Crippen LogP contribution in [-0.4, -0.2) is 50.1 Å². The van der Waals surface area contributed by atoms with Gasteiger partial charge in [-0.1, -0.05) is 79.4 Å². The fraction of sp³-hybridized carbons (Fsp3) is 0.322. The second kappa shape index (κ2) is 31.8. The van der Waals surface area contributed by atoms with Crippen LogP contribution in [0.1, 0.15) is 87.8 Å². The summed E-state index contributed by atoms with van der Waals surface area (Å²) in [5, 5.41) is -0.919. The molecule has 7 rings (SSSR count). The van der Waals surface area contributed by atoms with E-state index in [4.69, 9.17) is 9.47 Å². The number of nitrogens with one attached hydrogen (secondary N) is 2. The van der Waals surface area contributed by atoms with Gasteiger partial charge in [-0.3, -0.25) is 0 Å². The normalized spacial score (nSPS) is 14.5. The van der Waals surface area contributed by atoms with Crippen LogP contribution in [0.3, 0.4) is 0 Å². The van der Waals surface area contributed by atoms with E-state index in [1.165, 1.54) is 24.3 Å². The average molecular weight is 1250 g/mol. The van der Waals surface area contributed by atoms with Crippen molar-refractivity contribution in [2.24, 2.45) is 0 Å². The molecule has 4 atom stereocenters. The molecule has 1 saturated carbocycles. The quantitative estimate of drug-likeness (QED) is 0.0271. The molecule has 0 radical (unpaired) electrons. The van der Waals surface area contributed by atoms with Gasteiger partial charge < -0.3 is 32.8 Å². The van der Waals surface area contributed by atoms with E-state index in [9.17, 15) is 61.1 Å². The monoisotopic (exact) mass is 1250 g/mol. The van der Waals surface area contributed by atoms with Crippen molar-refractivity contribution in [1.29, 1.82) is 0 Å². The van der Waals surface area contributed by atoms with E-state index in [0.717, 1.165) is 55.5 Å². The second-order valence-electron chi connectivity index (χ2n) is 18.2. The van der Waals surface area contributed by atoms with Crippen LogP contribution in [0.2, 0.25) is 0 Å². The number of hydrogen-bond acceptors (Lipinski definition) is 6. The van der Waals surface area contributed by atoms with E-state index in [-0.39, 0.29) is 72.2 Å². The van der Waals surface area contributed by atoms with E-state index < -0.39 is 103 Å². The van der Waals surface area contributed by atoms with Crippen LogP contribution in [0.4, 0.5) is 52.7 Å². The van der Waals surface area contributed by atoms with Crippen molar-refractivity contribution in [1.82, 2.24) is 9.44 Å². The van der Waals surface area contributed by atoms with Gasteiger partial charge in [0.2, 0.25) is 0 Å². The molecule has 0 unspecified atom stereocenters. The molecule has 23 heteroatoms. The fourth-order valence-electron chi connectivity index (χ4n) is 7.75. The maximum atomic E-state index is 14.9. The number of benzene rings is 6. The SMILES string of the molecule is C=COc1cc([C@@](Cc2ccccc2)(N[S@@](=O)C(C)C)c2cc(F)cc(OC(F)(F)C(F)F)c2)ccc1F.CC(C)[S@](=O)N[C@@](Cc1ccccc1)(c1cc(F)cc(OC(F)(F)C(F)F)c1)c1ccc(F)c(OC2CC2)c1.[CH2-]C.[CH2-]C.[Zn+2]. The molecule has 1 aliphatic carbocycles. The molecule has 0 bridgehead atoms. The predicted octanol–water partition coefficient (Wildman–Crippen LogP) is 15.4. The smallest absolute Gasteiger partial charge is 0.487 e. The number of halogens is 12. The molecule has 0 aromatic heterocycles. The molecule has 82 heavy (non-hydrogen) atoms. The number of hydrogen-bond donors (Lipinski definition) is 2. The van der Waals surface area contributed by atoms with Crippen LogP contribution < -0.4 is 28.4 Å². The van der Waals surface area contributed by atoms with Crippen LogP contribution in [0.15, 0.2) is 146 Å². The summed E-state index contributed by atoms with van der Waals surface area (Å²) in [5.74, 6) is -5.63. The zero-order chi connectivity index (χ0) is 60.5. The molecule has 442 valence electrons. The summed E-state index contributed by atoms with van der Waals surface area (Å²) in [6.07, 6.45) is -15.9. The van der Waals surface area contributed by atoms with Crippen molar-refractivity contribution in [3.8, 4) is 23.0 Å². The third-order valence-corrected chi connectivity index (χ3v) is 14.5. The molecule has 0 aliphatic heterocycles. The van der Waals surface area contributed by atoms with Crippen molar-refractivity contribution >= 4 is 22.0 Å². The van der Waals surface area contributed by atoms with Crippen molar-refractivity contribution in [2.45, 2.75) is 120 Å². The van der Waals surface area contributed by atoms with Gasteiger partial charge in [-0.05, 0) is 135 Å². The fourth-order valence-corrected chi connectivity index (χ4v) is 9.52. The summed E-state index contributed by atoms with van der Waals surface area (Å²) in [4.78, 5) is 0. The Kier molecular flexibility index (Phi) is 27.3. The Morgan fingerprint density at radius 3 is 1.27 bits per heavy atom. The largest absolute Gasteiger partial charge is 2.00 e. The summed E-state index contributed by atoms with van der Waals surface area (Å²) in [6, 6.07) is 30.0. The summed E-state index contributed by atoms with van der Waals surface area (Å²) >= 11 is 0. The van der Waals surface area contributed by atoms with E-state index in [1.807, 2.05) is 0 Å². The van der Waals surface area contributed by atoms with Gasteiger partial charge in [-0.15, -0.1) is 0 Å². The van der Waals surface area contributed by atoms with E-state index in [0.29, 0.717) is 23.3 Å². The van der Waals surface area contributed by atoms with Crippen molar-refractivity contribution < 1.29 is 99.5 Å². The summed E-state index contributed by atoms with van der Waals surface area (Å²) in [7, 11) is -3.59. The summed E-state index contributed by atoms with van der Waals surface area (Å²) in [5.41, 5.74) is -1.61. The molecule has 2 N–H and O–H groups in total. The van der Waals surface area contributed by atoms with Gasteiger partial charge in [-0.2, -0.15) is 49.0 Å². The van der Waals surface area contributed by atoms with Gasteiger partial charge >= 0.3 is 44.5 Å². The van der Waals surface area contributed by atoms with Gasteiger partial charge in [0.1, 0.15) is 23.1 Å². The number of rotatable bonds is 24. The molecule has 0 spiro atoms. The Morgan fingerprint density at radius 1 is 0.561 bits per heavy atom. The third kappa shape index (κ3) is 19.2. The molecule has 1 aliphatic rings. The van der Waals surface area contributed by atoms with E-state index >= 15 is 0 Å². The molecule has 1 fully saturated rings. The molecular formula is C59H62F12N2O6S2Zn.